The molecule has 0 fully saturated rings. The second-order valence-electron chi connectivity index (χ2n) is 4.26. The Morgan fingerprint density at radius 1 is 1.40 bits per heavy atom. The van der Waals surface area contributed by atoms with Crippen molar-refractivity contribution in [2.24, 2.45) is 0 Å². The third-order valence-electron chi connectivity index (χ3n) is 2.92. The number of nitrogens with two attached hydrogens (primary N) is 1. The van der Waals surface area contributed by atoms with Gasteiger partial charge in [0.25, 0.3) is 0 Å². The van der Waals surface area contributed by atoms with Gasteiger partial charge in [-0.2, -0.15) is 4.98 Å². The molecule has 3 rings (SSSR count). The molecule has 0 atom stereocenters. The van der Waals surface area contributed by atoms with Crippen LogP contribution in [0.2, 0.25) is 0 Å². The van der Waals surface area contributed by atoms with Crippen molar-refractivity contribution in [3.63, 3.8) is 0 Å². The molecule has 0 aliphatic rings. The maximum Gasteiger partial charge on any atom is 0.223 e. The van der Waals surface area contributed by atoms with Crippen molar-refractivity contribution < 1.29 is 0 Å². The van der Waals surface area contributed by atoms with Crippen molar-refractivity contribution in [2.75, 3.05) is 11.1 Å². The van der Waals surface area contributed by atoms with Crippen LogP contribution in [0, 0.1) is 0 Å². The molecule has 104 valence electrons. The number of aromatic nitrogens is 2. The normalized spacial score (nSPS) is 11.1. The van der Waals surface area contributed by atoms with Crippen LogP contribution in [-0.2, 0) is 13.0 Å². The van der Waals surface area contributed by atoms with E-state index in [2.05, 4.69) is 49.6 Å². The first-order valence-corrected chi connectivity index (χ1v) is 8.68. The van der Waals surface area contributed by atoms with Gasteiger partial charge >= 0.3 is 0 Å². The smallest absolute Gasteiger partial charge is 0.223 e. The third kappa shape index (κ3) is 2.65. The van der Waals surface area contributed by atoms with Crippen LogP contribution < -0.4 is 11.1 Å². The highest BCUT2D eigenvalue weighted by Crippen LogP contribution is 2.31. The maximum absolute atomic E-state index is 5.79. The molecule has 3 N–H and O–H groups in total. The van der Waals surface area contributed by atoms with Crippen molar-refractivity contribution in [3.05, 3.63) is 31.7 Å². The first-order valence-electron chi connectivity index (χ1n) is 6.19. The Hall–Kier alpha value is -1.18. The number of rotatable bonds is 4. The zero-order valence-electron chi connectivity index (χ0n) is 10.8. The molecule has 4 nitrogen and oxygen atoms in total. The number of nitrogens with zero attached hydrogens (tertiary/aromatic N) is 2. The molecule has 7 heteroatoms. The molecule has 3 aromatic heterocycles. The number of hydrogen-bond acceptors (Lipinski definition) is 6. The van der Waals surface area contributed by atoms with Gasteiger partial charge in [0, 0.05) is 14.2 Å². The highest BCUT2D eigenvalue weighted by atomic mass is 79.9. The summed E-state index contributed by atoms with van der Waals surface area (Å²) in [5.74, 6) is 1.12. The Labute approximate surface area is 133 Å². The van der Waals surface area contributed by atoms with Gasteiger partial charge in [0.05, 0.1) is 11.9 Å². The molecule has 0 bridgehead atoms. The first-order chi connectivity index (χ1) is 9.67. The molecule has 0 amide bonds. The third-order valence-corrected chi connectivity index (χ3v) is 6.02. The SMILES string of the molecule is CCc1cc2c(NCc3sccc3Br)nc(N)nc2s1. The molecule has 3 aromatic rings. The van der Waals surface area contributed by atoms with E-state index in [9.17, 15) is 0 Å². The van der Waals surface area contributed by atoms with Gasteiger partial charge in [-0.3, -0.25) is 0 Å². The highest BCUT2D eigenvalue weighted by Gasteiger charge is 2.11. The zero-order valence-corrected chi connectivity index (χ0v) is 14.0. The van der Waals surface area contributed by atoms with Crippen molar-refractivity contribution in [1.29, 1.82) is 0 Å². The fourth-order valence-electron chi connectivity index (χ4n) is 1.91. The van der Waals surface area contributed by atoms with E-state index >= 15 is 0 Å². The van der Waals surface area contributed by atoms with Crippen LogP contribution in [0.1, 0.15) is 16.7 Å². The summed E-state index contributed by atoms with van der Waals surface area (Å²) in [6.07, 6.45) is 0.997. The van der Waals surface area contributed by atoms with Crippen molar-refractivity contribution >= 4 is 60.6 Å². The largest absolute Gasteiger partial charge is 0.368 e. The predicted octanol–water partition coefficient (Wildman–Crippen LogP) is 4.27. The molecule has 0 saturated carbocycles. The number of fused-ring (bicyclic) bond motifs is 1. The van der Waals surface area contributed by atoms with Crippen LogP contribution in [0.4, 0.5) is 11.8 Å². The summed E-state index contributed by atoms with van der Waals surface area (Å²) in [5.41, 5.74) is 5.79. The van der Waals surface area contributed by atoms with E-state index in [1.807, 2.05) is 6.07 Å². The van der Waals surface area contributed by atoms with Gasteiger partial charge in [-0.25, -0.2) is 4.98 Å². The molecular weight excluding hydrogens is 356 g/mol. The number of anilines is 2. The monoisotopic (exact) mass is 368 g/mol. The predicted molar refractivity (Wildman–Crippen MR) is 90.6 cm³/mol. The lowest BCUT2D eigenvalue weighted by Gasteiger charge is -2.06. The summed E-state index contributed by atoms with van der Waals surface area (Å²) in [6.45, 7) is 2.86. The summed E-state index contributed by atoms with van der Waals surface area (Å²) in [6, 6.07) is 4.19. The minimum absolute atomic E-state index is 0.315. The van der Waals surface area contributed by atoms with E-state index < -0.39 is 0 Å². The van der Waals surface area contributed by atoms with E-state index in [1.165, 1.54) is 9.75 Å². The van der Waals surface area contributed by atoms with Crippen LogP contribution in [0.15, 0.2) is 22.0 Å². The number of aryl methyl sites for hydroxylation is 1. The van der Waals surface area contributed by atoms with Gasteiger partial charge in [-0.05, 0) is 39.9 Å². The molecule has 0 saturated heterocycles. The maximum atomic E-state index is 5.79. The fourth-order valence-corrected chi connectivity index (χ4v) is 4.32. The van der Waals surface area contributed by atoms with Gasteiger partial charge in [0.1, 0.15) is 10.6 Å². The molecule has 0 aliphatic heterocycles. The van der Waals surface area contributed by atoms with Gasteiger partial charge in [-0.1, -0.05) is 6.92 Å². The first kappa shape index (κ1) is 13.8. The van der Waals surface area contributed by atoms with Crippen LogP contribution in [0.3, 0.4) is 0 Å². The molecule has 20 heavy (non-hydrogen) atoms. The Kier molecular flexibility index (Phi) is 3.91. The van der Waals surface area contributed by atoms with Crippen LogP contribution in [-0.4, -0.2) is 9.97 Å². The minimum atomic E-state index is 0.315. The van der Waals surface area contributed by atoms with Crippen LogP contribution in [0.25, 0.3) is 10.2 Å². The number of thiophene rings is 2. The average Bonchev–Trinajstić information content (AvgIpc) is 3.01. The van der Waals surface area contributed by atoms with Crippen molar-refractivity contribution in [2.45, 2.75) is 19.9 Å². The average molecular weight is 369 g/mol. The lowest BCUT2D eigenvalue weighted by atomic mass is 10.3. The highest BCUT2D eigenvalue weighted by molar-refractivity contribution is 9.10. The van der Waals surface area contributed by atoms with E-state index in [0.717, 1.165) is 33.5 Å². The Morgan fingerprint density at radius 3 is 2.95 bits per heavy atom. The molecule has 3 heterocycles. The molecule has 0 aliphatic carbocycles. The number of halogens is 1. The van der Waals surface area contributed by atoms with Gasteiger partial charge in [0.15, 0.2) is 0 Å². The van der Waals surface area contributed by atoms with Crippen molar-refractivity contribution in [3.8, 4) is 0 Å². The zero-order chi connectivity index (χ0) is 14.1. The molecule has 0 aromatic carbocycles. The van der Waals surface area contributed by atoms with Gasteiger partial charge in [0.2, 0.25) is 5.95 Å². The number of hydrogen-bond donors (Lipinski definition) is 2. The van der Waals surface area contributed by atoms with Crippen LogP contribution >= 0.6 is 38.6 Å². The Bertz CT molecular complexity index is 750. The van der Waals surface area contributed by atoms with Gasteiger partial charge < -0.3 is 11.1 Å². The summed E-state index contributed by atoms with van der Waals surface area (Å²) in [7, 11) is 0. The molecule has 0 radical (unpaired) electrons. The summed E-state index contributed by atoms with van der Waals surface area (Å²) in [5, 5.41) is 6.48. The molecule has 0 unspecified atom stereocenters. The lowest BCUT2D eigenvalue weighted by molar-refractivity contribution is 1.13. The van der Waals surface area contributed by atoms with E-state index in [1.54, 1.807) is 22.7 Å². The standard InChI is InChI=1S/C13H13BrN4S2/c1-2-7-5-8-11(17-13(15)18-12(8)20-7)16-6-10-9(14)3-4-19-10/h3-5H,2,6H2,1H3,(H3,15,16,17,18). The number of nitrogens with one attached hydrogen (secondary N) is 1. The Morgan fingerprint density at radius 2 is 2.25 bits per heavy atom. The quantitative estimate of drug-likeness (QED) is 0.721. The topological polar surface area (TPSA) is 63.8 Å². The Balaban J connectivity index is 1.93. The fraction of sp³-hybridized carbons (Fsp3) is 0.231. The number of nitrogen functional groups attached to an aromatic ring is 1. The second-order valence-corrected chi connectivity index (χ2v) is 7.23. The van der Waals surface area contributed by atoms with Gasteiger partial charge in [-0.15, -0.1) is 22.7 Å². The summed E-state index contributed by atoms with van der Waals surface area (Å²) < 4.78 is 1.12. The van der Waals surface area contributed by atoms with E-state index in [0.29, 0.717) is 5.95 Å². The lowest BCUT2D eigenvalue weighted by Crippen LogP contribution is -2.04. The van der Waals surface area contributed by atoms with Crippen molar-refractivity contribution in [1.82, 2.24) is 9.97 Å². The summed E-state index contributed by atoms with van der Waals surface area (Å²) >= 11 is 6.92. The second kappa shape index (κ2) is 5.67. The van der Waals surface area contributed by atoms with E-state index in [4.69, 9.17) is 5.73 Å². The molecular formula is C13H13BrN4S2. The minimum Gasteiger partial charge on any atom is -0.368 e. The van der Waals surface area contributed by atoms with E-state index in [-0.39, 0.29) is 0 Å². The van der Waals surface area contributed by atoms with Crippen LogP contribution in [0.5, 0.6) is 0 Å². The summed E-state index contributed by atoms with van der Waals surface area (Å²) in [4.78, 5) is 12.1. The molecule has 0 spiro atoms.